The number of hydrogen-bond acceptors (Lipinski definition) is 3. The molecular formula is C10H14O3. The lowest BCUT2D eigenvalue weighted by molar-refractivity contribution is -0.151. The summed E-state index contributed by atoms with van der Waals surface area (Å²) < 4.78 is 4.62. The van der Waals surface area contributed by atoms with Crippen molar-refractivity contribution in [3.05, 3.63) is 0 Å². The SMILES string of the molecule is COC(=O)C1CC2(CCC1=O)CC2. The lowest BCUT2D eigenvalue weighted by Gasteiger charge is -2.25. The van der Waals surface area contributed by atoms with Crippen molar-refractivity contribution in [2.45, 2.75) is 32.1 Å². The van der Waals surface area contributed by atoms with Crippen LogP contribution in [-0.2, 0) is 14.3 Å². The third-order valence-electron chi connectivity index (χ3n) is 3.37. The van der Waals surface area contributed by atoms with Crippen LogP contribution in [-0.4, -0.2) is 18.9 Å². The summed E-state index contributed by atoms with van der Waals surface area (Å²) in [4.78, 5) is 22.7. The zero-order valence-corrected chi connectivity index (χ0v) is 7.84. The molecule has 0 aromatic heterocycles. The highest BCUT2D eigenvalue weighted by Crippen LogP contribution is 2.56. The van der Waals surface area contributed by atoms with E-state index in [9.17, 15) is 9.59 Å². The number of ketones is 1. The predicted molar refractivity (Wildman–Crippen MR) is 46.0 cm³/mol. The molecule has 3 nitrogen and oxygen atoms in total. The van der Waals surface area contributed by atoms with E-state index in [1.807, 2.05) is 0 Å². The molecule has 0 radical (unpaired) electrons. The third kappa shape index (κ3) is 1.47. The van der Waals surface area contributed by atoms with E-state index in [1.165, 1.54) is 20.0 Å². The molecule has 0 bridgehead atoms. The predicted octanol–water partition coefficient (Wildman–Crippen LogP) is 1.31. The minimum absolute atomic E-state index is 0.0735. The van der Waals surface area contributed by atoms with Gasteiger partial charge in [0.2, 0.25) is 0 Å². The van der Waals surface area contributed by atoms with Gasteiger partial charge >= 0.3 is 5.97 Å². The highest BCUT2D eigenvalue weighted by Gasteiger charge is 2.50. The number of carbonyl (C=O) groups excluding carboxylic acids is 2. The van der Waals surface area contributed by atoms with E-state index in [1.54, 1.807) is 0 Å². The Labute approximate surface area is 77.4 Å². The molecule has 0 aromatic rings. The molecule has 0 amide bonds. The molecule has 0 heterocycles. The van der Waals surface area contributed by atoms with Crippen LogP contribution in [0.3, 0.4) is 0 Å². The minimum atomic E-state index is -0.457. The molecule has 2 rings (SSSR count). The first-order valence-electron chi connectivity index (χ1n) is 4.77. The summed E-state index contributed by atoms with van der Waals surface area (Å²) in [5.74, 6) is -0.721. The van der Waals surface area contributed by atoms with Gasteiger partial charge in [-0.2, -0.15) is 0 Å². The third-order valence-corrected chi connectivity index (χ3v) is 3.37. The van der Waals surface area contributed by atoms with Crippen molar-refractivity contribution in [3.8, 4) is 0 Å². The Morgan fingerprint density at radius 2 is 2.15 bits per heavy atom. The quantitative estimate of drug-likeness (QED) is 0.453. The largest absolute Gasteiger partial charge is 0.468 e. The minimum Gasteiger partial charge on any atom is -0.468 e. The van der Waals surface area contributed by atoms with Crippen molar-refractivity contribution in [1.29, 1.82) is 0 Å². The molecule has 0 aliphatic heterocycles. The summed E-state index contributed by atoms with van der Waals surface area (Å²) in [6.45, 7) is 0. The number of Topliss-reactive ketones (excluding diaryl/α,β-unsaturated/α-hetero) is 1. The van der Waals surface area contributed by atoms with Crippen LogP contribution in [0.5, 0.6) is 0 Å². The molecule has 2 aliphatic rings. The Bertz CT molecular complexity index is 245. The smallest absolute Gasteiger partial charge is 0.316 e. The fraction of sp³-hybridized carbons (Fsp3) is 0.800. The van der Waals surface area contributed by atoms with Crippen molar-refractivity contribution < 1.29 is 14.3 Å². The maximum Gasteiger partial charge on any atom is 0.316 e. The molecule has 0 aromatic carbocycles. The van der Waals surface area contributed by atoms with Crippen LogP contribution in [0.2, 0.25) is 0 Å². The van der Waals surface area contributed by atoms with Gasteiger partial charge in [0.25, 0.3) is 0 Å². The fourth-order valence-electron chi connectivity index (χ4n) is 2.20. The van der Waals surface area contributed by atoms with Gasteiger partial charge in [0.1, 0.15) is 11.7 Å². The van der Waals surface area contributed by atoms with Crippen LogP contribution >= 0.6 is 0 Å². The van der Waals surface area contributed by atoms with Gasteiger partial charge in [-0.25, -0.2) is 0 Å². The van der Waals surface area contributed by atoms with Gasteiger partial charge in [0.15, 0.2) is 0 Å². The average Bonchev–Trinajstić information content (AvgIpc) is 2.89. The Hall–Kier alpha value is -0.860. The molecule has 0 saturated heterocycles. The molecule has 1 unspecified atom stereocenters. The van der Waals surface area contributed by atoms with E-state index in [4.69, 9.17) is 0 Å². The van der Waals surface area contributed by atoms with Gasteiger partial charge in [-0.1, -0.05) is 0 Å². The topological polar surface area (TPSA) is 43.4 Å². The van der Waals surface area contributed by atoms with Gasteiger partial charge in [-0.15, -0.1) is 0 Å². The number of ether oxygens (including phenoxy) is 1. The molecule has 1 spiro atoms. The first-order chi connectivity index (χ1) is 6.17. The van der Waals surface area contributed by atoms with Crippen molar-refractivity contribution in [2.75, 3.05) is 7.11 Å². The van der Waals surface area contributed by atoms with Crippen LogP contribution in [0.15, 0.2) is 0 Å². The van der Waals surface area contributed by atoms with Crippen LogP contribution in [0.4, 0.5) is 0 Å². The maximum absolute atomic E-state index is 11.4. The first kappa shape index (κ1) is 8.73. The zero-order chi connectivity index (χ0) is 9.47. The molecule has 2 saturated carbocycles. The normalized spacial score (nSPS) is 30.2. The van der Waals surface area contributed by atoms with Crippen LogP contribution in [0, 0.1) is 11.3 Å². The van der Waals surface area contributed by atoms with E-state index >= 15 is 0 Å². The number of rotatable bonds is 1. The van der Waals surface area contributed by atoms with Gasteiger partial charge in [-0.3, -0.25) is 9.59 Å². The summed E-state index contributed by atoms with van der Waals surface area (Å²) in [6, 6.07) is 0. The Morgan fingerprint density at radius 1 is 1.46 bits per heavy atom. The van der Waals surface area contributed by atoms with Gasteiger partial charge in [0, 0.05) is 6.42 Å². The number of methoxy groups -OCH3 is 1. The zero-order valence-electron chi connectivity index (χ0n) is 7.84. The highest BCUT2D eigenvalue weighted by atomic mass is 16.5. The summed E-state index contributed by atoms with van der Waals surface area (Å²) in [5.41, 5.74) is 0.340. The average molecular weight is 182 g/mol. The Kier molecular flexibility index (Phi) is 1.90. The number of carbonyl (C=O) groups is 2. The summed E-state index contributed by atoms with van der Waals surface area (Å²) in [7, 11) is 1.35. The van der Waals surface area contributed by atoms with E-state index in [2.05, 4.69) is 4.74 Å². The lowest BCUT2D eigenvalue weighted by Crippen LogP contribution is -2.32. The Balaban J connectivity index is 2.07. The molecule has 72 valence electrons. The van der Waals surface area contributed by atoms with E-state index in [0.717, 1.165) is 12.8 Å². The second kappa shape index (κ2) is 2.82. The molecule has 2 aliphatic carbocycles. The first-order valence-corrected chi connectivity index (χ1v) is 4.77. The standard InChI is InChI=1S/C10H14O3/c1-13-9(12)7-6-10(4-5-10)3-2-8(7)11/h7H,2-6H2,1H3. The molecule has 3 heteroatoms. The highest BCUT2D eigenvalue weighted by molar-refractivity contribution is 5.99. The fourth-order valence-corrected chi connectivity index (χ4v) is 2.20. The van der Waals surface area contributed by atoms with Crippen LogP contribution in [0.25, 0.3) is 0 Å². The lowest BCUT2D eigenvalue weighted by atomic mass is 9.78. The van der Waals surface area contributed by atoms with Crippen molar-refractivity contribution in [2.24, 2.45) is 11.3 Å². The van der Waals surface area contributed by atoms with E-state index < -0.39 is 5.92 Å². The molecule has 0 N–H and O–H groups in total. The monoisotopic (exact) mass is 182 g/mol. The van der Waals surface area contributed by atoms with Crippen LogP contribution < -0.4 is 0 Å². The van der Waals surface area contributed by atoms with Gasteiger partial charge in [-0.05, 0) is 31.1 Å². The molecule has 13 heavy (non-hydrogen) atoms. The maximum atomic E-state index is 11.4. The summed E-state index contributed by atoms with van der Waals surface area (Å²) in [5, 5.41) is 0. The summed E-state index contributed by atoms with van der Waals surface area (Å²) in [6.07, 6.45) is 4.67. The molecule has 2 fully saturated rings. The van der Waals surface area contributed by atoms with Crippen molar-refractivity contribution in [3.63, 3.8) is 0 Å². The second-order valence-electron chi connectivity index (χ2n) is 4.25. The van der Waals surface area contributed by atoms with Gasteiger partial charge < -0.3 is 4.74 Å². The second-order valence-corrected chi connectivity index (χ2v) is 4.25. The van der Waals surface area contributed by atoms with Crippen molar-refractivity contribution in [1.82, 2.24) is 0 Å². The van der Waals surface area contributed by atoms with Gasteiger partial charge in [0.05, 0.1) is 7.11 Å². The summed E-state index contributed by atoms with van der Waals surface area (Å²) >= 11 is 0. The van der Waals surface area contributed by atoms with E-state index in [0.29, 0.717) is 11.8 Å². The van der Waals surface area contributed by atoms with Crippen LogP contribution in [0.1, 0.15) is 32.1 Å². The number of esters is 1. The van der Waals surface area contributed by atoms with E-state index in [-0.39, 0.29) is 11.8 Å². The Morgan fingerprint density at radius 3 is 2.69 bits per heavy atom. The van der Waals surface area contributed by atoms with Crippen molar-refractivity contribution >= 4 is 11.8 Å². The molecular weight excluding hydrogens is 168 g/mol. The number of hydrogen-bond donors (Lipinski definition) is 0. The molecule has 1 atom stereocenters.